The molecule has 0 amide bonds. The van der Waals surface area contributed by atoms with Crippen LogP contribution >= 0.6 is 0 Å². The molecule has 90 valence electrons. The van der Waals surface area contributed by atoms with Crippen LogP contribution in [-0.4, -0.2) is 50.5 Å². The lowest BCUT2D eigenvalue weighted by Gasteiger charge is -2.06. The number of rotatable bonds is 6. The van der Waals surface area contributed by atoms with Crippen LogP contribution < -0.4 is 0 Å². The van der Waals surface area contributed by atoms with Gasteiger partial charge < -0.3 is 9.64 Å². The number of allylic oxidation sites excluding steroid dienone is 4. The van der Waals surface area contributed by atoms with Crippen molar-refractivity contribution < 1.29 is 9.31 Å². The van der Waals surface area contributed by atoms with Gasteiger partial charge in [-0.15, -0.1) is 0 Å². The molecule has 0 unspecified atom stereocenters. The van der Waals surface area contributed by atoms with E-state index in [1.165, 1.54) is 0 Å². The van der Waals surface area contributed by atoms with Gasteiger partial charge in [-0.05, 0) is 19.1 Å². The Hall–Kier alpha value is -1.51. The van der Waals surface area contributed by atoms with Crippen molar-refractivity contribution in [1.82, 2.24) is 4.90 Å². The maximum atomic E-state index is 5.47. The van der Waals surface area contributed by atoms with Gasteiger partial charge in [0.2, 0.25) is 0 Å². The first-order valence-corrected chi connectivity index (χ1v) is 5.42. The fourth-order valence-corrected chi connectivity index (χ4v) is 0.913. The van der Waals surface area contributed by atoms with Crippen LogP contribution in [0.5, 0.6) is 0 Å². The van der Waals surface area contributed by atoms with E-state index in [0.29, 0.717) is 6.61 Å². The summed E-state index contributed by atoms with van der Waals surface area (Å²) in [5, 5.41) is 0. The SMILES string of the molecule is CCOC(=C\C=C\C=[N+](C)C)/C=C/N(C)C. The van der Waals surface area contributed by atoms with Crippen molar-refractivity contribution in [2.45, 2.75) is 6.92 Å². The Kier molecular flexibility index (Phi) is 7.94. The van der Waals surface area contributed by atoms with Gasteiger partial charge in [-0.3, -0.25) is 0 Å². The van der Waals surface area contributed by atoms with E-state index in [-0.39, 0.29) is 0 Å². The molecule has 0 aliphatic rings. The summed E-state index contributed by atoms with van der Waals surface area (Å²) in [5.41, 5.74) is 0. The Morgan fingerprint density at radius 3 is 2.44 bits per heavy atom. The molecule has 0 aromatic heterocycles. The van der Waals surface area contributed by atoms with E-state index in [0.717, 1.165) is 5.76 Å². The summed E-state index contributed by atoms with van der Waals surface area (Å²) < 4.78 is 7.45. The molecule has 0 N–H and O–H groups in total. The van der Waals surface area contributed by atoms with Gasteiger partial charge in [0.25, 0.3) is 0 Å². The monoisotopic (exact) mass is 223 g/mol. The summed E-state index contributed by atoms with van der Waals surface area (Å²) in [6.07, 6.45) is 11.8. The lowest BCUT2D eigenvalue weighted by molar-refractivity contribution is -0.458. The first kappa shape index (κ1) is 14.5. The lowest BCUT2D eigenvalue weighted by atomic mass is 10.4. The number of ether oxygens (including phenoxy) is 1. The molecule has 0 aromatic rings. The van der Waals surface area contributed by atoms with Crippen molar-refractivity contribution in [2.75, 3.05) is 34.8 Å². The molecule has 0 rings (SSSR count). The summed E-state index contributed by atoms with van der Waals surface area (Å²) in [4.78, 5) is 1.97. The molecule has 0 saturated carbocycles. The molecule has 0 saturated heterocycles. The first-order chi connectivity index (χ1) is 7.56. The third-order valence-electron chi connectivity index (χ3n) is 1.60. The first-order valence-electron chi connectivity index (χ1n) is 5.42. The molecule has 0 atom stereocenters. The van der Waals surface area contributed by atoms with E-state index in [1.807, 2.05) is 81.3 Å². The fraction of sp³-hybridized carbons (Fsp3) is 0.462. The molecular weight excluding hydrogens is 200 g/mol. The summed E-state index contributed by atoms with van der Waals surface area (Å²) in [6, 6.07) is 0. The number of nitrogens with zero attached hydrogens (tertiary/aromatic N) is 2. The minimum absolute atomic E-state index is 0.675. The molecule has 0 fully saturated rings. The van der Waals surface area contributed by atoms with Crippen molar-refractivity contribution in [1.29, 1.82) is 0 Å². The highest BCUT2D eigenvalue weighted by atomic mass is 16.5. The fourth-order valence-electron chi connectivity index (χ4n) is 0.913. The zero-order valence-corrected chi connectivity index (χ0v) is 11.0. The zero-order valence-electron chi connectivity index (χ0n) is 11.0. The summed E-state index contributed by atoms with van der Waals surface area (Å²) in [6.45, 7) is 2.65. The van der Waals surface area contributed by atoms with E-state index in [9.17, 15) is 0 Å². The molecule has 0 radical (unpaired) electrons. The van der Waals surface area contributed by atoms with Gasteiger partial charge in [0.15, 0.2) is 6.21 Å². The van der Waals surface area contributed by atoms with Gasteiger partial charge in [0.1, 0.15) is 19.9 Å². The van der Waals surface area contributed by atoms with Crippen LogP contribution in [-0.2, 0) is 4.74 Å². The van der Waals surface area contributed by atoms with Crippen LogP contribution in [0.25, 0.3) is 0 Å². The van der Waals surface area contributed by atoms with Gasteiger partial charge in [-0.1, -0.05) is 6.08 Å². The minimum atomic E-state index is 0.675. The Balaban J connectivity index is 4.46. The lowest BCUT2D eigenvalue weighted by Crippen LogP contribution is -2.01. The highest BCUT2D eigenvalue weighted by molar-refractivity contribution is 5.66. The quantitative estimate of drug-likeness (QED) is 0.296. The van der Waals surface area contributed by atoms with Crippen LogP contribution in [0.4, 0.5) is 0 Å². The largest absolute Gasteiger partial charge is 0.494 e. The minimum Gasteiger partial charge on any atom is -0.494 e. The van der Waals surface area contributed by atoms with Crippen molar-refractivity contribution in [3.63, 3.8) is 0 Å². The third kappa shape index (κ3) is 9.06. The van der Waals surface area contributed by atoms with Crippen LogP contribution in [0, 0.1) is 0 Å². The average molecular weight is 223 g/mol. The Morgan fingerprint density at radius 1 is 1.25 bits per heavy atom. The molecule has 3 nitrogen and oxygen atoms in total. The summed E-state index contributed by atoms with van der Waals surface area (Å²) in [5.74, 6) is 0.861. The average Bonchev–Trinajstić information content (AvgIpc) is 2.20. The van der Waals surface area contributed by atoms with Crippen LogP contribution in [0.3, 0.4) is 0 Å². The molecular formula is C13H23N2O+. The highest BCUT2D eigenvalue weighted by Gasteiger charge is 1.89. The zero-order chi connectivity index (χ0) is 12.4. The van der Waals surface area contributed by atoms with E-state index < -0.39 is 0 Å². The molecule has 0 bridgehead atoms. The topological polar surface area (TPSA) is 15.5 Å². The molecule has 3 heteroatoms. The molecule has 0 spiro atoms. The van der Waals surface area contributed by atoms with Crippen LogP contribution in [0.1, 0.15) is 6.92 Å². The van der Waals surface area contributed by atoms with Gasteiger partial charge in [-0.2, -0.15) is 0 Å². The van der Waals surface area contributed by atoms with E-state index >= 15 is 0 Å². The summed E-state index contributed by atoms with van der Waals surface area (Å²) in [7, 11) is 7.94. The number of hydrogen-bond acceptors (Lipinski definition) is 2. The van der Waals surface area contributed by atoms with Gasteiger partial charge in [0, 0.05) is 26.4 Å². The van der Waals surface area contributed by atoms with E-state index in [4.69, 9.17) is 4.74 Å². The van der Waals surface area contributed by atoms with Crippen molar-refractivity contribution >= 4 is 6.21 Å². The predicted octanol–water partition coefficient (Wildman–Crippen LogP) is 1.88. The molecule has 0 aromatic carbocycles. The summed E-state index contributed by atoms with van der Waals surface area (Å²) >= 11 is 0. The van der Waals surface area contributed by atoms with Crippen molar-refractivity contribution in [2.24, 2.45) is 0 Å². The Labute approximate surface area is 99.0 Å². The predicted molar refractivity (Wildman–Crippen MR) is 69.8 cm³/mol. The standard InChI is InChI=1S/C13H23N2O/c1-6-16-13(10-12-15(4)5)9-7-8-11-14(2)3/h7-12H,6H2,1-5H3/q+1. The third-order valence-corrected chi connectivity index (χ3v) is 1.60. The molecule has 0 aliphatic carbocycles. The smallest absolute Gasteiger partial charge is 0.162 e. The Bertz CT molecular complexity index is 295. The molecule has 16 heavy (non-hydrogen) atoms. The Morgan fingerprint density at radius 2 is 1.94 bits per heavy atom. The second-order valence-corrected chi connectivity index (χ2v) is 3.78. The maximum absolute atomic E-state index is 5.47. The van der Waals surface area contributed by atoms with Crippen molar-refractivity contribution in [3.8, 4) is 0 Å². The van der Waals surface area contributed by atoms with Gasteiger partial charge >= 0.3 is 0 Å². The maximum Gasteiger partial charge on any atom is 0.162 e. The van der Waals surface area contributed by atoms with Crippen LogP contribution in [0.2, 0.25) is 0 Å². The molecule has 0 heterocycles. The number of hydrogen-bond donors (Lipinski definition) is 0. The van der Waals surface area contributed by atoms with Crippen molar-refractivity contribution in [3.05, 3.63) is 36.3 Å². The van der Waals surface area contributed by atoms with E-state index in [1.54, 1.807) is 0 Å². The second-order valence-electron chi connectivity index (χ2n) is 3.78. The highest BCUT2D eigenvalue weighted by Crippen LogP contribution is 2.00. The normalized spacial score (nSPS) is 12.2. The van der Waals surface area contributed by atoms with Gasteiger partial charge in [0.05, 0.1) is 6.61 Å². The second kappa shape index (κ2) is 8.77. The van der Waals surface area contributed by atoms with E-state index in [2.05, 4.69) is 0 Å². The van der Waals surface area contributed by atoms with Gasteiger partial charge in [-0.25, -0.2) is 4.58 Å². The molecule has 0 aliphatic heterocycles. The van der Waals surface area contributed by atoms with Crippen LogP contribution in [0.15, 0.2) is 36.3 Å².